The van der Waals surface area contributed by atoms with Crippen LogP contribution >= 0.6 is 15.9 Å². The maximum atomic E-state index is 3.69. The van der Waals surface area contributed by atoms with Crippen molar-refractivity contribution < 1.29 is 0 Å². The van der Waals surface area contributed by atoms with Gasteiger partial charge >= 0.3 is 0 Å². The van der Waals surface area contributed by atoms with E-state index in [1.165, 1.54) is 10.1 Å². The van der Waals surface area contributed by atoms with Gasteiger partial charge in [0.05, 0.1) is 0 Å². The summed E-state index contributed by atoms with van der Waals surface area (Å²) in [6.45, 7) is 2.09. The van der Waals surface area contributed by atoms with Crippen molar-refractivity contribution >= 4 is 15.9 Å². The van der Waals surface area contributed by atoms with Gasteiger partial charge in [-0.25, -0.2) is 0 Å². The van der Waals surface area contributed by atoms with Gasteiger partial charge < -0.3 is 9.80 Å². The predicted octanol–water partition coefficient (Wildman–Crippen LogP) is 1.94. The van der Waals surface area contributed by atoms with Crippen molar-refractivity contribution in [1.82, 2.24) is 9.80 Å². The zero-order chi connectivity index (χ0) is 10.7. The summed E-state index contributed by atoms with van der Waals surface area (Å²) < 4.78 is 1.35. The van der Waals surface area contributed by atoms with Gasteiger partial charge in [0.1, 0.15) is 0 Å². The number of likely N-dealkylation sites (N-methyl/N-ethyl adjacent to an activating group) is 1. The SMILES string of the molecule is CN(C)CC1=C(Br)C(CN(C)C)C=C1. The highest BCUT2D eigenvalue weighted by Crippen LogP contribution is 2.30. The van der Waals surface area contributed by atoms with Gasteiger partial charge in [0.15, 0.2) is 0 Å². The molecule has 1 unspecified atom stereocenters. The molecule has 0 saturated heterocycles. The molecule has 80 valence electrons. The van der Waals surface area contributed by atoms with Gasteiger partial charge in [-0.05, 0) is 33.8 Å². The molecule has 3 heteroatoms. The Morgan fingerprint density at radius 1 is 1.21 bits per heavy atom. The van der Waals surface area contributed by atoms with Gasteiger partial charge in [-0.3, -0.25) is 0 Å². The number of halogens is 1. The molecule has 14 heavy (non-hydrogen) atoms. The Kier molecular flexibility index (Phi) is 4.35. The Morgan fingerprint density at radius 3 is 2.36 bits per heavy atom. The van der Waals surface area contributed by atoms with Gasteiger partial charge in [0.2, 0.25) is 0 Å². The third-order valence-corrected chi connectivity index (χ3v) is 3.31. The van der Waals surface area contributed by atoms with E-state index in [0.29, 0.717) is 5.92 Å². The van der Waals surface area contributed by atoms with E-state index < -0.39 is 0 Å². The molecule has 1 rings (SSSR count). The van der Waals surface area contributed by atoms with E-state index in [0.717, 1.165) is 13.1 Å². The standard InChI is InChI=1S/C11H19BrN2/c1-13(2)7-9-5-6-10(11(9)12)8-14(3)4/h5-6,9H,7-8H2,1-4H3. The van der Waals surface area contributed by atoms with E-state index in [1.54, 1.807) is 0 Å². The molecule has 0 amide bonds. The van der Waals surface area contributed by atoms with Gasteiger partial charge in [-0.15, -0.1) is 0 Å². The van der Waals surface area contributed by atoms with Gasteiger partial charge in [0, 0.05) is 23.5 Å². The van der Waals surface area contributed by atoms with Gasteiger partial charge in [-0.2, -0.15) is 0 Å². The summed E-state index contributed by atoms with van der Waals surface area (Å²) in [7, 11) is 8.41. The monoisotopic (exact) mass is 258 g/mol. The van der Waals surface area contributed by atoms with E-state index in [1.807, 2.05) is 0 Å². The van der Waals surface area contributed by atoms with E-state index in [-0.39, 0.29) is 0 Å². The fourth-order valence-corrected chi connectivity index (χ4v) is 2.19. The predicted molar refractivity (Wildman–Crippen MR) is 65.7 cm³/mol. The van der Waals surface area contributed by atoms with Crippen LogP contribution in [-0.2, 0) is 0 Å². The molecule has 0 aromatic rings. The average molecular weight is 259 g/mol. The molecule has 1 atom stereocenters. The lowest BCUT2D eigenvalue weighted by Crippen LogP contribution is -2.20. The summed E-state index contributed by atoms with van der Waals surface area (Å²) in [5.74, 6) is 0.542. The molecule has 2 nitrogen and oxygen atoms in total. The maximum absolute atomic E-state index is 3.69. The molecule has 0 aliphatic heterocycles. The van der Waals surface area contributed by atoms with E-state index in [9.17, 15) is 0 Å². The van der Waals surface area contributed by atoms with Crippen molar-refractivity contribution in [2.75, 3.05) is 41.3 Å². The van der Waals surface area contributed by atoms with Crippen LogP contribution in [-0.4, -0.2) is 51.1 Å². The van der Waals surface area contributed by atoms with Crippen LogP contribution in [0, 0.1) is 5.92 Å². The highest BCUT2D eigenvalue weighted by atomic mass is 79.9. The van der Waals surface area contributed by atoms with Crippen LogP contribution in [0.5, 0.6) is 0 Å². The lowest BCUT2D eigenvalue weighted by molar-refractivity contribution is 0.384. The molecule has 0 aromatic carbocycles. The van der Waals surface area contributed by atoms with Crippen LogP contribution in [0.1, 0.15) is 0 Å². The fraction of sp³-hybridized carbons (Fsp3) is 0.636. The smallest absolute Gasteiger partial charge is 0.0235 e. The van der Waals surface area contributed by atoms with E-state index >= 15 is 0 Å². The summed E-state index contributed by atoms with van der Waals surface area (Å²) in [6.07, 6.45) is 4.52. The zero-order valence-corrected chi connectivity index (χ0v) is 11.0. The second-order valence-corrected chi connectivity index (χ2v) is 5.19. The summed E-state index contributed by atoms with van der Waals surface area (Å²) in [6, 6.07) is 0. The molecule has 0 saturated carbocycles. The summed E-state index contributed by atoms with van der Waals surface area (Å²) in [4.78, 5) is 4.41. The zero-order valence-electron chi connectivity index (χ0n) is 9.42. The first kappa shape index (κ1) is 12.0. The first-order chi connectivity index (χ1) is 6.50. The molecule has 0 N–H and O–H groups in total. The first-order valence-corrected chi connectivity index (χ1v) is 5.66. The Labute approximate surface area is 95.4 Å². The van der Waals surface area contributed by atoms with Crippen molar-refractivity contribution in [2.45, 2.75) is 0 Å². The van der Waals surface area contributed by atoms with Crippen LogP contribution in [0.4, 0.5) is 0 Å². The number of nitrogens with zero attached hydrogens (tertiary/aromatic N) is 2. The van der Waals surface area contributed by atoms with Crippen molar-refractivity contribution in [2.24, 2.45) is 5.92 Å². The summed E-state index contributed by atoms with van der Waals surface area (Å²) in [5, 5.41) is 0. The van der Waals surface area contributed by atoms with E-state index in [2.05, 4.69) is 66.1 Å². The second kappa shape index (κ2) is 5.10. The van der Waals surface area contributed by atoms with Crippen molar-refractivity contribution in [3.8, 4) is 0 Å². The molecule has 0 spiro atoms. The molecular formula is C11H19BrN2. The molecule has 1 aliphatic rings. The van der Waals surface area contributed by atoms with Crippen molar-refractivity contribution in [3.63, 3.8) is 0 Å². The largest absolute Gasteiger partial charge is 0.308 e. The van der Waals surface area contributed by atoms with E-state index in [4.69, 9.17) is 0 Å². The molecule has 0 radical (unpaired) electrons. The van der Waals surface area contributed by atoms with Crippen LogP contribution in [0.15, 0.2) is 22.2 Å². The third kappa shape index (κ3) is 3.23. The highest BCUT2D eigenvalue weighted by molar-refractivity contribution is 9.11. The van der Waals surface area contributed by atoms with Crippen LogP contribution in [0.25, 0.3) is 0 Å². The van der Waals surface area contributed by atoms with Crippen LogP contribution in [0.3, 0.4) is 0 Å². The third-order valence-electron chi connectivity index (χ3n) is 2.21. The van der Waals surface area contributed by atoms with Crippen molar-refractivity contribution in [3.05, 3.63) is 22.2 Å². The molecular weight excluding hydrogens is 240 g/mol. The quantitative estimate of drug-likeness (QED) is 0.761. The normalized spacial score (nSPS) is 21.8. The molecule has 1 aliphatic carbocycles. The maximum Gasteiger partial charge on any atom is 0.0235 e. The lowest BCUT2D eigenvalue weighted by Gasteiger charge is -2.16. The molecule has 0 aromatic heterocycles. The molecule has 0 fully saturated rings. The lowest BCUT2D eigenvalue weighted by atomic mass is 10.1. The average Bonchev–Trinajstić information content (AvgIpc) is 2.34. The molecule has 0 bridgehead atoms. The summed E-state index contributed by atoms with van der Waals surface area (Å²) in [5.41, 5.74) is 1.40. The number of rotatable bonds is 4. The number of hydrogen-bond acceptors (Lipinski definition) is 2. The Hall–Kier alpha value is -0.120. The summed E-state index contributed by atoms with van der Waals surface area (Å²) >= 11 is 3.69. The Bertz CT molecular complexity index is 254. The van der Waals surface area contributed by atoms with Crippen LogP contribution < -0.4 is 0 Å². The molecule has 0 heterocycles. The topological polar surface area (TPSA) is 6.48 Å². The minimum Gasteiger partial charge on any atom is -0.308 e. The fourth-order valence-electron chi connectivity index (χ4n) is 1.64. The van der Waals surface area contributed by atoms with Crippen LogP contribution in [0.2, 0.25) is 0 Å². The van der Waals surface area contributed by atoms with Crippen molar-refractivity contribution in [1.29, 1.82) is 0 Å². The Balaban J connectivity index is 2.61. The second-order valence-electron chi connectivity index (χ2n) is 4.34. The first-order valence-electron chi connectivity index (χ1n) is 4.87. The van der Waals surface area contributed by atoms with Gasteiger partial charge in [0.25, 0.3) is 0 Å². The Morgan fingerprint density at radius 2 is 1.86 bits per heavy atom. The number of hydrogen-bond donors (Lipinski definition) is 0. The highest BCUT2D eigenvalue weighted by Gasteiger charge is 2.18. The van der Waals surface area contributed by atoms with Gasteiger partial charge in [-0.1, -0.05) is 28.1 Å². The minimum absolute atomic E-state index is 0.542. The minimum atomic E-state index is 0.542.